The molecule has 0 fully saturated rings. The molecule has 2 heterocycles. The summed E-state index contributed by atoms with van der Waals surface area (Å²) < 4.78 is 29.5. The van der Waals surface area contributed by atoms with Crippen LogP contribution in [0.25, 0.3) is 0 Å². The first kappa shape index (κ1) is 59.9. The minimum absolute atomic E-state index is 0.0130. The first-order valence-corrected chi connectivity index (χ1v) is 25.3. The molecule has 0 saturated carbocycles. The van der Waals surface area contributed by atoms with Gasteiger partial charge in [-0.2, -0.15) is 0 Å². The highest BCUT2D eigenvalue weighted by Gasteiger charge is 2.33. The Hall–Kier alpha value is -8.01. The van der Waals surface area contributed by atoms with Crippen LogP contribution in [0.1, 0.15) is 80.2 Å². The molecule has 77 heavy (non-hydrogen) atoms. The summed E-state index contributed by atoms with van der Waals surface area (Å²) in [6, 6.07) is 11.8. The van der Waals surface area contributed by atoms with E-state index in [0.29, 0.717) is 25.9 Å². The standard InChI is InChI=1S/C56H73N7O14/c1-9-12-37-21-40(32-64)62(30-37)52(66)43-24-48(73-7)50(26-45(43)59-54(68)69)75-20-18-42(23-36-14-16-39(17-15-36)58-28-35(6)57-29-47(34(4)5)61-56(72)76-19-11-3)77-51-27-46(60-55(70)71)44(25-49(51)74-8)53(67)63-31-38(13-10-2)22-41(63)33-65/h9-17,24-27,30-31,34-35,40-42,47,57-60,64-65H,3,18-23,28-29,32-33H2,1-2,4-8H3,(H,61,72)(H,68,69)(H,70,71)/b12-9+,13-10+/t35?,40-,41-,42+,47?/m0/s1. The van der Waals surface area contributed by atoms with Crippen LogP contribution in [0, 0.1) is 5.92 Å². The van der Waals surface area contributed by atoms with Gasteiger partial charge in [0.1, 0.15) is 12.7 Å². The number of nitrogens with one attached hydrogen (secondary N) is 5. The summed E-state index contributed by atoms with van der Waals surface area (Å²) in [5.41, 5.74) is 3.01. The lowest BCUT2D eigenvalue weighted by molar-refractivity contribution is 0.0726. The lowest BCUT2D eigenvalue weighted by atomic mass is 10.0. The summed E-state index contributed by atoms with van der Waals surface area (Å²) in [7, 11) is 2.76. The second kappa shape index (κ2) is 29.3. The van der Waals surface area contributed by atoms with E-state index in [2.05, 4.69) is 33.2 Å². The van der Waals surface area contributed by atoms with Gasteiger partial charge in [-0.15, -0.1) is 0 Å². The molecule has 21 heteroatoms. The Morgan fingerprint density at radius 1 is 0.753 bits per heavy atom. The lowest BCUT2D eigenvalue weighted by Gasteiger charge is -2.25. The van der Waals surface area contributed by atoms with Crippen LogP contribution in [0.4, 0.5) is 31.4 Å². The highest BCUT2D eigenvalue weighted by atomic mass is 16.5. The van der Waals surface area contributed by atoms with Crippen molar-refractivity contribution >= 4 is 47.2 Å². The van der Waals surface area contributed by atoms with Crippen LogP contribution >= 0.6 is 0 Å². The van der Waals surface area contributed by atoms with Crippen molar-refractivity contribution in [3.63, 3.8) is 0 Å². The number of hydrogen-bond donors (Lipinski definition) is 9. The Kier molecular flexibility index (Phi) is 22.8. The van der Waals surface area contributed by atoms with Crippen LogP contribution < -0.4 is 45.5 Å². The van der Waals surface area contributed by atoms with E-state index in [9.17, 15) is 44.4 Å². The van der Waals surface area contributed by atoms with Crippen LogP contribution in [-0.2, 0) is 11.2 Å². The minimum Gasteiger partial charge on any atom is -0.493 e. The van der Waals surface area contributed by atoms with Crippen LogP contribution in [0.2, 0.25) is 0 Å². The van der Waals surface area contributed by atoms with Crippen molar-refractivity contribution in [1.29, 1.82) is 0 Å². The molecular formula is C56H73N7O14. The summed E-state index contributed by atoms with van der Waals surface area (Å²) in [6.07, 6.45) is 9.15. The highest BCUT2D eigenvalue weighted by molar-refractivity contribution is 6.05. The first-order chi connectivity index (χ1) is 36.9. The molecule has 5 atom stereocenters. The van der Waals surface area contributed by atoms with Crippen LogP contribution in [0.3, 0.4) is 0 Å². The molecule has 0 bridgehead atoms. The molecule has 2 unspecified atom stereocenters. The second-order valence-electron chi connectivity index (χ2n) is 18.7. The fourth-order valence-corrected chi connectivity index (χ4v) is 8.69. The number of ether oxygens (including phenoxy) is 5. The number of carbonyl (C=O) groups excluding carboxylic acids is 3. The van der Waals surface area contributed by atoms with E-state index in [4.69, 9.17) is 23.7 Å². The molecule has 416 valence electrons. The number of anilines is 3. The van der Waals surface area contributed by atoms with E-state index in [1.54, 1.807) is 12.4 Å². The van der Waals surface area contributed by atoms with Gasteiger partial charge in [-0.1, -0.05) is 62.9 Å². The first-order valence-electron chi connectivity index (χ1n) is 25.3. The summed E-state index contributed by atoms with van der Waals surface area (Å²) in [4.78, 5) is 67.4. The Morgan fingerprint density at radius 2 is 1.29 bits per heavy atom. The van der Waals surface area contributed by atoms with E-state index >= 15 is 0 Å². The van der Waals surface area contributed by atoms with Crippen molar-refractivity contribution in [3.05, 3.63) is 126 Å². The van der Waals surface area contributed by atoms with Crippen molar-refractivity contribution in [1.82, 2.24) is 20.4 Å². The molecule has 0 aromatic heterocycles. The molecule has 2 aliphatic heterocycles. The SMILES string of the molecule is C=CCOC(=O)NC(CNC(C)CNc1ccc(C[C@@H](CCOc2cc(NC(=O)O)c(C(=O)N3C=C(/C=C/C)C[C@H]3CO)cc2OC)Oc2cc(NC(=O)O)c(C(=O)N3C=C(/C=C/C)C[C@H]3CO)cc2OC)cc1)C(C)C. The third-order valence-corrected chi connectivity index (χ3v) is 12.7. The zero-order valence-corrected chi connectivity index (χ0v) is 44.7. The number of allylic oxidation sites excluding steroid dienone is 4. The number of methoxy groups -OCH3 is 2. The van der Waals surface area contributed by atoms with Gasteiger partial charge in [0.2, 0.25) is 0 Å². The van der Waals surface area contributed by atoms with E-state index in [-0.39, 0.29) is 103 Å². The van der Waals surface area contributed by atoms with E-state index in [1.807, 2.05) is 83.2 Å². The molecule has 21 nitrogen and oxygen atoms in total. The summed E-state index contributed by atoms with van der Waals surface area (Å²) >= 11 is 0. The third-order valence-electron chi connectivity index (χ3n) is 12.7. The maximum Gasteiger partial charge on any atom is 0.409 e. The molecular weight excluding hydrogens is 995 g/mol. The third kappa shape index (κ3) is 17.0. The molecule has 5 rings (SSSR count). The van der Waals surface area contributed by atoms with Gasteiger partial charge < -0.3 is 69.9 Å². The van der Waals surface area contributed by atoms with Gasteiger partial charge in [0.25, 0.3) is 11.8 Å². The van der Waals surface area contributed by atoms with Gasteiger partial charge in [0.05, 0.1) is 68.6 Å². The number of hydrogen-bond acceptors (Lipinski definition) is 14. The molecule has 0 aliphatic carbocycles. The lowest BCUT2D eigenvalue weighted by Crippen LogP contribution is -2.48. The quantitative estimate of drug-likeness (QED) is 0.0312. The van der Waals surface area contributed by atoms with E-state index in [0.717, 1.165) is 22.4 Å². The fourth-order valence-electron chi connectivity index (χ4n) is 8.69. The maximum absolute atomic E-state index is 14.2. The topological polar surface area (TPSA) is 279 Å². The smallest absolute Gasteiger partial charge is 0.409 e. The van der Waals surface area contributed by atoms with Gasteiger partial charge in [-0.25, -0.2) is 14.4 Å². The predicted octanol–water partition coefficient (Wildman–Crippen LogP) is 8.00. The van der Waals surface area contributed by atoms with Crippen molar-refractivity contribution in [3.8, 4) is 23.0 Å². The summed E-state index contributed by atoms with van der Waals surface area (Å²) in [5, 5.41) is 54.5. The molecule has 0 saturated heterocycles. The molecule has 5 amide bonds. The predicted molar refractivity (Wildman–Crippen MR) is 292 cm³/mol. The minimum atomic E-state index is -1.44. The van der Waals surface area contributed by atoms with E-state index < -0.39 is 48.3 Å². The van der Waals surface area contributed by atoms with Crippen molar-refractivity contribution in [2.45, 2.75) is 90.6 Å². The zero-order chi connectivity index (χ0) is 56.2. The molecule has 2 aliphatic rings. The zero-order valence-electron chi connectivity index (χ0n) is 44.7. The molecule has 9 N–H and O–H groups in total. The van der Waals surface area contributed by atoms with Gasteiger partial charge in [-0.05, 0) is 80.5 Å². The molecule has 3 aromatic carbocycles. The Morgan fingerprint density at radius 3 is 1.77 bits per heavy atom. The Bertz CT molecular complexity index is 2670. The number of aliphatic hydroxyl groups is 2. The van der Waals surface area contributed by atoms with Gasteiger partial charge in [0.15, 0.2) is 23.0 Å². The summed E-state index contributed by atoms with van der Waals surface area (Å²) in [6.45, 7) is 13.8. The maximum atomic E-state index is 14.2. The summed E-state index contributed by atoms with van der Waals surface area (Å²) in [5.74, 6) is -0.595. The fraction of sp³-hybridized carbons (Fsp3) is 0.411. The van der Waals surface area contributed by atoms with Crippen LogP contribution in [0.15, 0.2) is 109 Å². The number of nitrogens with zero attached hydrogens (tertiary/aromatic N) is 2. The number of aliphatic hydroxyl groups excluding tert-OH is 2. The van der Waals surface area contributed by atoms with Crippen molar-refractivity contribution in [2.75, 3.05) is 69.7 Å². The van der Waals surface area contributed by atoms with Crippen LogP contribution in [-0.4, -0.2) is 144 Å². The molecule has 3 aromatic rings. The second-order valence-corrected chi connectivity index (χ2v) is 18.7. The Balaban J connectivity index is 1.42. The van der Waals surface area contributed by atoms with Gasteiger partial charge in [-0.3, -0.25) is 20.2 Å². The average Bonchev–Trinajstić information content (AvgIpc) is 4.04. The van der Waals surface area contributed by atoms with Crippen LogP contribution in [0.5, 0.6) is 23.0 Å². The normalized spacial score (nSPS) is 16.3. The molecule has 0 spiro atoms. The number of amides is 5. The van der Waals surface area contributed by atoms with E-state index in [1.165, 1.54) is 54.4 Å². The largest absolute Gasteiger partial charge is 0.493 e. The van der Waals surface area contributed by atoms with Crippen molar-refractivity contribution < 1.29 is 68.1 Å². The monoisotopic (exact) mass is 1070 g/mol. The van der Waals surface area contributed by atoms with Gasteiger partial charge >= 0.3 is 18.3 Å². The number of benzene rings is 3. The number of carbonyl (C=O) groups is 5. The van der Waals surface area contributed by atoms with Crippen molar-refractivity contribution in [2.24, 2.45) is 5.92 Å². The Labute approximate surface area is 449 Å². The number of rotatable bonds is 28. The van der Waals surface area contributed by atoms with Gasteiger partial charge in [0, 0.05) is 68.2 Å². The highest BCUT2D eigenvalue weighted by Crippen LogP contribution is 2.39. The average molecular weight is 1070 g/mol. The molecule has 0 radical (unpaired) electrons. The number of carboxylic acid groups (broad SMARTS) is 2. The number of alkyl carbamates (subject to hydrolysis) is 1.